The standard InChI is InChI=1S/C14H22N2O2S/c1-10(7-12-5-4-6-19-12)16(2)14(17)13-8-11(18-3)9-15-13/h4-6,10-11,13,15H,7-9H2,1-3H3. The highest BCUT2D eigenvalue weighted by molar-refractivity contribution is 7.09. The fraction of sp³-hybridized carbons (Fsp3) is 0.643. The van der Waals surface area contributed by atoms with Crippen LogP contribution in [0.2, 0.25) is 0 Å². The van der Waals surface area contributed by atoms with Crippen LogP contribution in [0.4, 0.5) is 0 Å². The topological polar surface area (TPSA) is 41.6 Å². The van der Waals surface area contributed by atoms with Crippen LogP contribution in [0.15, 0.2) is 17.5 Å². The molecule has 0 radical (unpaired) electrons. The molecule has 1 saturated heterocycles. The van der Waals surface area contributed by atoms with Crippen LogP contribution in [0.3, 0.4) is 0 Å². The first-order chi connectivity index (χ1) is 9.11. The van der Waals surface area contributed by atoms with Crippen LogP contribution in [-0.4, -0.2) is 49.7 Å². The van der Waals surface area contributed by atoms with Crippen molar-refractivity contribution in [1.82, 2.24) is 10.2 Å². The SMILES string of the molecule is COC1CNC(C(=O)N(C)C(C)Cc2cccs2)C1. The molecule has 5 heteroatoms. The van der Waals surface area contributed by atoms with Gasteiger partial charge in [0.2, 0.25) is 5.91 Å². The van der Waals surface area contributed by atoms with Crippen molar-refractivity contribution in [1.29, 1.82) is 0 Å². The molecule has 2 heterocycles. The molecular weight excluding hydrogens is 260 g/mol. The molecule has 1 aliphatic heterocycles. The summed E-state index contributed by atoms with van der Waals surface area (Å²) >= 11 is 1.74. The number of nitrogens with one attached hydrogen (secondary N) is 1. The first-order valence-electron chi connectivity index (χ1n) is 6.67. The lowest BCUT2D eigenvalue weighted by molar-refractivity contribution is -0.133. The summed E-state index contributed by atoms with van der Waals surface area (Å²) < 4.78 is 5.29. The van der Waals surface area contributed by atoms with Gasteiger partial charge >= 0.3 is 0 Å². The largest absolute Gasteiger partial charge is 0.380 e. The molecule has 3 atom stereocenters. The van der Waals surface area contributed by atoms with E-state index >= 15 is 0 Å². The van der Waals surface area contributed by atoms with E-state index in [1.807, 2.05) is 11.9 Å². The van der Waals surface area contributed by atoms with Gasteiger partial charge in [0.15, 0.2) is 0 Å². The molecule has 0 aromatic carbocycles. The smallest absolute Gasteiger partial charge is 0.239 e. The lowest BCUT2D eigenvalue weighted by atomic mass is 10.1. The molecule has 1 aliphatic rings. The lowest BCUT2D eigenvalue weighted by Crippen LogP contribution is -2.46. The predicted octanol–water partition coefficient (Wildman–Crippen LogP) is 1.51. The summed E-state index contributed by atoms with van der Waals surface area (Å²) in [5.74, 6) is 0.170. The number of rotatable bonds is 5. The zero-order chi connectivity index (χ0) is 13.8. The van der Waals surface area contributed by atoms with E-state index in [2.05, 4.69) is 29.8 Å². The molecule has 1 aromatic rings. The molecule has 1 amide bonds. The minimum Gasteiger partial charge on any atom is -0.380 e. The minimum absolute atomic E-state index is 0.0965. The zero-order valence-corrected chi connectivity index (χ0v) is 12.6. The summed E-state index contributed by atoms with van der Waals surface area (Å²) in [6, 6.07) is 4.29. The second-order valence-corrected chi connectivity index (χ2v) is 6.17. The van der Waals surface area contributed by atoms with Crippen molar-refractivity contribution < 1.29 is 9.53 Å². The minimum atomic E-state index is -0.0965. The van der Waals surface area contributed by atoms with E-state index in [1.54, 1.807) is 18.4 Å². The summed E-state index contributed by atoms with van der Waals surface area (Å²) in [5, 5.41) is 5.31. The van der Waals surface area contributed by atoms with E-state index < -0.39 is 0 Å². The van der Waals surface area contributed by atoms with Gasteiger partial charge in [-0.25, -0.2) is 0 Å². The zero-order valence-electron chi connectivity index (χ0n) is 11.8. The van der Waals surface area contributed by atoms with Crippen molar-refractivity contribution in [2.24, 2.45) is 0 Å². The highest BCUT2D eigenvalue weighted by Gasteiger charge is 2.32. The Morgan fingerprint density at radius 2 is 2.47 bits per heavy atom. The number of ether oxygens (including phenoxy) is 1. The Kier molecular flexibility index (Phi) is 4.96. The summed E-state index contributed by atoms with van der Waals surface area (Å²) in [4.78, 5) is 15.6. The molecule has 4 nitrogen and oxygen atoms in total. The number of amides is 1. The number of carbonyl (C=O) groups is 1. The van der Waals surface area contributed by atoms with E-state index in [1.165, 1.54) is 4.88 Å². The van der Waals surface area contributed by atoms with Gasteiger partial charge in [-0.1, -0.05) is 6.07 Å². The van der Waals surface area contributed by atoms with Crippen molar-refractivity contribution in [3.05, 3.63) is 22.4 Å². The second-order valence-electron chi connectivity index (χ2n) is 5.14. The summed E-state index contributed by atoms with van der Waals surface area (Å²) in [6.45, 7) is 2.86. The van der Waals surface area contributed by atoms with Gasteiger partial charge in [0.05, 0.1) is 12.1 Å². The Morgan fingerprint density at radius 3 is 3.05 bits per heavy atom. The maximum Gasteiger partial charge on any atom is 0.239 e. The molecule has 106 valence electrons. The van der Waals surface area contributed by atoms with Crippen molar-refractivity contribution in [3.63, 3.8) is 0 Å². The molecule has 3 unspecified atom stereocenters. The van der Waals surface area contributed by atoms with Gasteiger partial charge in [-0.05, 0) is 24.8 Å². The first-order valence-corrected chi connectivity index (χ1v) is 7.55. The third-order valence-corrected chi connectivity index (χ3v) is 4.71. The number of likely N-dealkylation sites (N-methyl/N-ethyl adjacent to an activating group) is 1. The number of methoxy groups -OCH3 is 1. The average Bonchev–Trinajstić information content (AvgIpc) is 3.07. The van der Waals surface area contributed by atoms with Crippen LogP contribution in [0.5, 0.6) is 0 Å². The van der Waals surface area contributed by atoms with E-state index in [4.69, 9.17) is 4.74 Å². The third kappa shape index (κ3) is 3.55. The fourth-order valence-corrected chi connectivity index (χ4v) is 3.22. The Bertz CT molecular complexity index is 408. The van der Waals surface area contributed by atoms with Crippen LogP contribution in [0, 0.1) is 0 Å². The highest BCUT2D eigenvalue weighted by Crippen LogP contribution is 2.16. The normalized spacial score (nSPS) is 24.4. The lowest BCUT2D eigenvalue weighted by Gasteiger charge is -2.27. The quantitative estimate of drug-likeness (QED) is 0.890. The van der Waals surface area contributed by atoms with Gasteiger partial charge in [0.25, 0.3) is 0 Å². The fourth-order valence-electron chi connectivity index (χ4n) is 2.39. The molecule has 0 spiro atoms. The van der Waals surface area contributed by atoms with Crippen molar-refractivity contribution in [2.75, 3.05) is 20.7 Å². The van der Waals surface area contributed by atoms with Crippen molar-refractivity contribution in [3.8, 4) is 0 Å². The molecular formula is C14H22N2O2S. The van der Waals surface area contributed by atoms with Gasteiger partial charge < -0.3 is 15.0 Å². The summed E-state index contributed by atoms with van der Waals surface area (Å²) in [6.07, 6.45) is 1.85. The van der Waals surface area contributed by atoms with Gasteiger partial charge in [-0.2, -0.15) is 0 Å². The van der Waals surface area contributed by atoms with E-state index in [0.717, 1.165) is 19.4 Å². The number of hydrogen-bond acceptors (Lipinski definition) is 4. The Balaban J connectivity index is 1.88. The van der Waals surface area contributed by atoms with Gasteiger partial charge in [0, 0.05) is 38.0 Å². The molecule has 0 bridgehead atoms. The highest BCUT2D eigenvalue weighted by atomic mass is 32.1. The molecule has 19 heavy (non-hydrogen) atoms. The van der Waals surface area contributed by atoms with Gasteiger partial charge in [-0.15, -0.1) is 11.3 Å². The molecule has 1 fully saturated rings. The van der Waals surface area contributed by atoms with Gasteiger partial charge in [0.1, 0.15) is 0 Å². The van der Waals surface area contributed by atoms with Crippen molar-refractivity contribution >= 4 is 17.2 Å². The van der Waals surface area contributed by atoms with E-state index in [0.29, 0.717) is 0 Å². The Morgan fingerprint density at radius 1 is 1.68 bits per heavy atom. The molecule has 1 N–H and O–H groups in total. The maximum absolute atomic E-state index is 12.4. The Hall–Kier alpha value is -0.910. The van der Waals surface area contributed by atoms with Crippen LogP contribution < -0.4 is 5.32 Å². The van der Waals surface area contributed by atoms with Gasteiger partial charge in [-0.3, -0.25) is 4.79 Å². The second kappa shape index (κ2) is 6.50. The van der Waals surface area contributed by atoms with E-state index in [-0.39, 0.29) is 24.1 Å². The summed E-state index contributed by atoms with van der Waals surface area (Å²) in [7, 11) is 3.59. The third-order valence-electron chi connectivity index (χ3n) is 3.81. The number of nitrogens with zero attached hydrogens (tertiary/aromatic N) is 1. The van der Waals surface area contributed by atoms with Crippen LogP contribution in [0.1, 0.15) is 18.2 Å². The van der Waals surface area contributed by atoms with Crippen LogP contribution in [-0.2, 0) is 16.0 Å². The summed E-state index contributed by atoms with van der Waals surface area (Å²) in [5.41, 5.74) is 0. The number of carbonyl (C=O) groups excluding carboxylic acids is 1. The molecule has 0 aliphatic carbocycles. The number of hydrogen-bond donors (Lipinski definition) is 1. The first kappa shape index (κ1) is 14.5. The maximum atomic E-state index is 12.4. The monoisotopic (exact) mass is 282 g/mol. The predicted molar refractivity (Wildman–Crippen MR) is 77.5 cm³/mol. The van der Waals surface area contributed by atoms with Crippen molar-refractivity contribution in [2.45, 2.75) is 38.0 Å². The molecule has 0 saturated carbocycles. The van der Waals surface area contributed by atoms with E-state index in [9.17, 15) is 4.79 Å². The molecule has 1 aromatic heterocycles. The number of thiophene rings is 1. The van der Waals surface area contributed by atoms with Crippen LogP contribution >= 0.6 is 11.3 Å². The Labute approximate surface area is 118 Å². The average molecular weight is 282 g/mol. The van der Waals surface area contributed by atoms with Crippen LogP contribution in [0.25, 0.3) is 0 Å². The molecule has 2 rings (SSSR count).